The molecule has 0 aliphatic heterocycles. The van der Waals surface area contributed by atoms with Crippen molar-refractivity contribution in [3.63, 3.8) is 0 Å². The molecular weight excluding hydrogens is 255 g/mol. The van der Waals surface area contributed by atoms with Gasteiger partial charge in [-0.05, 0) is 63.8 Å². The zero-order valence-corrected chi connectivity index (χ0v) is 12.4. The summed E-state index contributed by atoms with van der Waals surface area (Å²) in [5, 5.41) is 8.94. The normalized spacial score (nSPS) is 12.8. The third-order valence-corrected chi connectivity index (χ3v) is 3.07. The molecule has 2 N–H and O–H groups in total. The third-order valence-electron chi connectivity index (χ3n) is 3.07. The smallest absolute Gasteiger partial charge is 0.123 e. The fraction of sp³-hybridized carbons (Fsp3) is 0.562. The molecule has 0 radical (unpaired) electrons. The Morgan fingerprint density at radius 1 is 1.45 bits per heavy atom. The Hall–Kier alpha value is -1.60. The van der Waals surface area contributed by atoms with Crippen molar-refractivity contribution >= 4 is 0 Å². The second-order valence-electron chi connectivity index (χ2n) is 5.88. The van der Waals surface area contributed by atoms with Crippen LogP contribution in [-0.4, -0.2) is 12.6 Å². The summed E-state index contributed by atoms with van der Waals surface area (Å²) in [5.41, 5.74) is 6.22. The van der Waals surface area contributed by atoms with E-state index in [1.54, 1.807) is 6.07 Å². The fourth-order valence-corrected chi connectivity index (χ4v) is 1.95. The Labute approximate surface area is 120 Å². The number of hydrogen-bond acceptors (Lipinski definition) is 3. The number of rotatable bonds is 7. The van der Waals surface area contributed by atoms with Crippen molar-refractivity contribution in [2.75, 3.05) is 6.61 Å². The van der Waals surface area contributed by atoms with Crippen molar-refractivity contribution in [1.29, 1.82) is 5.26 Å². The second-order valence-corrected chi connectivity index (χ2v) is 5.88. The van der Waals surface area contributed by atoms with Gasteiger partial charge < -0.3 is 10.5 Å². The molecule has 0 saturated heterocycles. The lowest BCUT2D eigenvalue weighted by Gasteiger charge is -2.16. The van der Waals surface area contributed by atoms with Gasteiger partial charge >= 0.3 is 0 Å². The molecular formula is C16H23FN2O. The Bertz CT molecular complexity index is 478. The lowest BCUT2D eigenvalue weighted by atomic mass is 9.90. The van der Waals surface area contributed by atoms with Crippen LogP contribution in [0.4, 0.5) is 4.39 Å². The van der Waals surface area contributed by atoms with Crippen molar-refractivity contribution in [3.8, 4) is 11.8 Å². The molecule has 0 saturated carbocycles. The lowest BCUT2D eigenvalue weighted by molar-refractivity contribution is 0.281. The molecule has 0 aliphatic carbocycles. The molecule has 0 bridgehead atoms. The number of nitrogens with zero attached hydrogens (tertiary/aromatic N) is 1. The van der Waals surface area contributed by atoms with Crippen molar-refractivity contribution in [2.45, 2.75) is 46.1 Å². The van der Waals surface area contributed by atoms with E-state index in [0.717, 1.165) is 18.4 Å². The minimum atomic E-state index is -0.333. The predicted octanol–water partition coefficient (Wildman–Crippen LogP) is 3.42. The van der Waals surface area contributed by atoms with Crippen LogP contribution >= 0.6 is 0 Å². The van der Waals surface area contributed by atoms with E-state index in [9.17, 15) is 4.39 Å². The minimum Gasteiger partial charge on any atom is -0.493 e. The van der Waals surface area contributed by atoms with Crippen LogP contribution < -0.4 is 10.5 Å². The van der Waals surface area contributed by atoms with E-state index >= 15 is 0 Å². The third kappa shape index (κ3) is 5.58. The molecule has 1 aromatic carbocycles. The fourth-order valence-electron chi connectivity index (χ4n) is 1.95. The van der Waals surface area contributed by atoms with Crippen LogP contribution in [0.1, 0.15) is 39.2 Å². The van der Waals surface area contributed by atoms with Crippen LogP contribution in [0.25, 0.3) is 0 Å². The number of ether oxygens (including phenoxy) is 1. The largest absolute Gasteiger partial charge is 0.493 e. The van der Waals surface area contributed by atoms with Gasteiger partial charge in [0.05, 0.1) is 18.1 Å². The van der Waals surface area contributed by atoms with Crippen molar-refractivity contribution < 1.29 is 9.13 Å². The summed E-state index contributed by atoms with van der Waals surface area (Å²) >= 11 is 0. The minimum absolute atomic E-state index is 0.0447. The van der Waals surface area contributed by atoms with Gasteiger partial charge in [0.15, 0.2) is 0 Å². The van der Waals surface area contributed by atoms with Gasteiger partial charge in [0.25, 0.3) is 0 Å². The zero-order valence-electron chi connectivity index (χ0n) is 12.4. The van der Waals surface area contributed by atoms with Crippen molar-refractivity contribution in [3.05, 3.63) is 29.6 Å². The molecule has 1 atom stereocenters. The molecule has 0 spiro atoms. The Kier molecular flexibility index (Phi) is 5.97. The summed E-state index contributed by atoms with van der Waals surface area (Å²) in [7, 11) is 0. The van der Waals surface area contributed by atoms with Crippen molar-refractivity contribution in [1.82, 2.24) is 0 Å². The molecule has 0 fully saturated rings. The van der Waals surface area contributed by atoms with Crippen LogP contribution in [0.5, 0.6) is 5.75 Å². The Morgan fingerprint density at radius 2 is 2.15 bits per heavy atom. The summed E-state index contributed by atoms with van der Waals surface area (Å²) < 4.78 is 19.0. The molecule has 20 heavy (non-hydrogen) atoms. The first-order valence-corrected chi connectivity index (χ1v) is 6.92. The van der Waals surface area contributed by atoms with E-state index < -0.39 is 0 Å². The molecule has 0 heterocycles. The standard InChI is InChI=1S/C16H23FN2O/c1-12(19)9-13-10-14(17)5-6-15(13)20-8-4-7-16(2,3)11-18/h5-6,10,12H,4,7-9,19H2,1-3H3. The van der Waals surface area contributed by atoms with Gasteiger partial charge in [0.2, 0.25) is 0 Å². The maximum atomic E-state index is 13.3. The van der Waals surface area contributed by atoms with Crippen LogP contribution in [0, 0.1) is 22.6 Å². The van der Waals surface area contributed by atoms with Crippen molar-refractivity contribution in [2.24, 2.45) is 11.1 Å². The van der Waals surface area contributed by atoms with Crippen LogP contribution in [0.3, 0.4) is 0 Å². The lowest BCUT2D eigenvalue weighted by Crippen LogP contribution is -2.18. The quantitative estimate of drug-likeness (QED) is 0.777. The van der Waals surface area contributed by atoms with Crippen LogP contribution in [0.2, 0.25) is 0 Å². The van der Waals surface area contributed by atoms with E-state index in [-0.39, 0.29) is 17.3 Å². The molecule has 1 aromatic rings. The first-order valence-electron chi connectivity index (χ1n) is 6.92. The SMILES string of the molecule is CC(N)Cc1cc(F)ccc1OCCCC(C)(C)C#N. The van der Waals surface area contributed by atoms with Crippen LogP contribution in [0.15, 0.2) is 18.2 Å². The van der Waals surface area contributed by atoms with Gasteiger partial charge in [-0.1, -0.05) is 0 Å². The van der Waals surface area contributed by atoms with E-state index in [1.165, 1.54) is 12.1 Å². The first kappa shape index (κ1) is 16.5. The van der Waals surface area contributed by atoms with E-state index in [1.807, 2.05) is 20.8 Å². The summed E-state index contributed by atoms with van der Waals surface area (Å²) in [6.45, 7) is 6.21. The predicted molar refractivity (Wildman–Crippen MR) is 77.9 cm³/mol. The number of benzene rings is 1. The van der Waals surface area contributed by atoms with Gasteiger partial charge in [-0.15, -0.1) is 0 Å². The topological polar surface area (TPSA) is 59.0 Å². The maximum absolute atomic E-state index is 13.3. The molecule has 0 amide bonds. The highest BCUT2D eigenvalue weighted by Gasteiger charge is 2.16. The van der Waals surface area contributed by atoms with Gasteiger partial charge in [-0.2, -0.15) is 5.26 Å². The average molecular weight is 278 g/mol. The Balaban J connectivity index is 2.57. The molecule has 1 rings (SSSR count). The van der Waals surface area contributed by atoms with E-state index in [4.69, 9.17) is 15.7 Å². The summed E-state index contributed by atoms with van der Waals surface area (Å²) in [6, 6.07) is 6.72. The number of nitrogens with two attached hydrogens (primary N) is 1. The molecule has 110 valence electrons. The monoisotopic (exact) mass is 278 g/mol. The van der Waals surface area contributed by atoms with Gasteiger partial charge in [-0.3, -0.25) is 0 Å². The summed E-state index contributed by atoms with van der Waals surface area (Å²) in [6.07, 6.45) is 2.14. The number of nitriles is 1. The highest BCUT2D eigenvalue weighted by atomic mass is 19.1. The molecule has 0 aliphatic rings. The Morgan fingerprint density at radius 3 is 2.75 bits per heavy atom. The summed E-state index contributed by atoms with van der Waals surface area (Å²) in [5.74, 6) is 0.400. The molecule has 3 nitrogen and oxygen atoms in total. The van der Waals surface area contributed by atoms with Gasteiger partial charge in [0, 0.05) is 6.04 Å². The highest BCUT2D eigenvalue weighted by molar-refractivity contribution is 5.34. The highest BCUT2D eigenvalue weighted by Crippen LogP contribution is 2.23. The second kappa shape index (κ2) is 7.25. The molecule has 1 unspecified atom stereocenters. The maximum Gasteiger partial charge on any atom is 0.123 e. The van der Waals surface area contributed by atoms with Gasteiger partial charge in [-0.25, -0.2) is 4.39 Å². The first-order chi connectivity index (χ1) is 9.34. The average Bonchev–Trinajstić information content (AvgIpc) is 2.36. The van der Waals surface area contributed by atoms with Gasteiger partial charge in [0.1, 0.15) is 11.6 Å². The van der Waals surface area contributed by atoms with E-state index in [0.29, 0.717) is 18.8 Å². The van der Waals surface area contributed by atoms with Crippen LogP contribution in [-0.2, 0) is 6.42 Å². The number of hydrogen-bond donors (Lipinski definition) is 1. The van der Waals surface area contributed by atoms with E-state index in [2.05, 4.69) is 6.07 Å². The zero-order chi connectivity index (χ0) is 15.2. The molecule has 4 heteroatoms. The molecule has 0 aromatic heterocycles. The number of halogens is 1. The summed E-state index contributed by atoms with van der Waals surface area (Å²) in [4.78, 5) is 0.